The van der Waals surface area contributed by atoms with Crippen molar-refractivity contribution >= 4 is 11.6 Å². The highest BCUT2D eigenvalue weighted by molar-refractivity contribution is 6.07. The Kier molecular flexibility index (Phi) is 4.08. The predicted molar refractivity (Wildman–Crippen MR) is 91.4 cm³/mol. The van der Waals surface area contributed by atoms with Crippen LogP contribution in [0.1, 0.15) is 40.3 Å². The minimum absolute atomic E-state index is 0.0180. The van der Waals surface area contributed by atoms with E-state index in [1.54, 1.807) is 0 Å². The molecule has 1 fully saturated rings. The van der Waals surface area contributed by atoms with Crippen molar-refractivity contribution in [2.24, 2.45) is 0 Å². The van der Waals surface area contributed by atoms with E-state index in [2.05, 4.69) is 34.6 Å². The van der Waals surface area contributed by atoms with E-state index in [1.807, 2.05) is 17.0 Å². The van der Waals surface area contributed by atoms with Crippen LogP contribution in [0.15, 0.2) is 24.3 Å². The summed E-state index contributed by atoms with van der Waals surface area (Å²) in [6.07, 6.45) is 1.81. The zero-order valence-electron chi connectivity index (χ0n) is 13.8. The predicted octanol–water partition coefficient (Wildman–Crippen LogP) is 1.84. The fourth-order valence-electron chi connectivity index (χ4n) is 3.49. The standard InChI is InChI=1S/C18H22N4O2/c1-2-15-14-7-9-22(18(23)17(14)21-20-15)13-5-3-12(4-6-13)16-11-19-8-10-24-16/h3-6,16,19H,2,7-11H2,1H3,(H,20,21). The first-order valence-electron chi connectivity index (χ1n) is 8.58. The second kappa shape index (κ2) is 6.37. The van der Waals surface area contributed by atoms with E-state index in [9.17, 15) is 4.79 Å². The van der Waals surface area contributed by atoms with Gasteiger partial charge < -0.3 is 15.0 Å². The molecule has 24 heavy (non-hydrogen) atoms. The van der Waals surface area contributed by atoms with Gasteiger partial charge >= 0.3 is 0 Å². The van der Waals surface area contributed by atoms with Crippen molar-refractivity contribution in [2.75, 3.05) is 31.1 Å². The van der Waals surface area contributed by atoms with Crippen molar-refractivity contribution in [2.45, 2.75) is 25.9 Å². The zero-order chi connectivity index (χ0) is 16.5. The lowest BCUT2D eigenvalue weighted by atomic mass is 10.0. The molecule has 1 atom stereocenters. The summed E-state index contributed by atoms with van der Waals surface area (Å²) < 4.78 is 5.77. The molecule has 0 aliphatic carbocycles. The third kappa shape index (κ3) is 2.61. The number of fused-ring (bicyclic) bond motifs is 1. The van der Waals surface area contributed by atoms with E-state index in [0.717, 1.165) is 55.0 Å². The van der Waals surface area contributed by atoms with Crippen LogP contribution < -0.4 is 10.2 Å². The molecule has 4 rings (SSSR count). The van der Waals surface area contributed by atoms with Gasteiger partial charge in [0, 0.05) is 36.6 Å². The normalized spacial score (nSPS) is 21.0. The first-order valence-corrected chi connectivity index (χ1v) is 8.58. The van der Waals surface area contributed by atoms with Gasteiger partial charge in [-0.05, 0) is 30.5 Å². The molecule has 2 N–H and O–H groups in total. The van der Waals surface area contributed by atoms with Gasteiger partial charge in [-0.2, -0.15) is 5.10 Å². The molecule has 2 aliphatic rings. The summed E-state index contributed by atoms with van der Waals surface area (Å²) in [4.78, 5) is 14.6. The quantitative estimate of drug-likeness (QED) is 0.903. The maximum absolute atomic E-state index is 12.7. The highest BCUT2D eigenvalue weighted by Gasteiger charge is 2.30. The first-order chi connectivity index (χ1) is 11.8. The van der Waals surface area contributed by atoms with Gasteiger partial charge in [-0.25, -0.2) is 0 Å². The van der Waals surface area contributed by atoms with Gasteiger partial charge in [0.15, 0.2) is 5.69 Å². The van der Waals surface area contributed by atoms with Crippen molar-refractivity contribution in [1.29, 1.82) is 0 Å². The summed E-state index contributed by atoms with van der Waals surface area (Å²) in [5, 5.41) is 10.6. The van der Waals surface area contributed by atoms with Crippen LogP contribution in [0.5, 0.6) is 0 Å². The zero-order valence-corrected chi connectivity index (χ0v) is 13.8. The molecule has 6 heteroatoms. The number of rotatable bonds is 3. The molecule has 0 radical (unpaired) electrons. The van der Waals surface area contributed by atoms with Crippen LogP contribution in [-0.4, -0.2) is 42.3 Å². The Morgan fingerprint density at radius 2 is 2.17 bits per heavy atom. The van der Waals surface area contributed by atoms with Gasteiger partial charge in [0.1, 0.15) is 0 Å². The van der Waals surface area contributed by atoms with Crippen molar-refractivity contribution < 1.29 is 9.53 Å². The van der Waals surface area contributed by atoms with Crippen LogP contribution in [0.4, 0.5) is 5.69 Å². The molecular formula is C18H22N4O2. The molecule has 2 aromatic rings. The number of nitrogens with zero attached hydrogens (tertiary/aromatic N) is 2. The average molecular weight is 326 g/mol. The lowest BCUT2D eigenvalue weighted by molar-refractivity contribution is 0.0277. The van der Waals surface area contributed by atoms with Crippen molar-refractivity contribution in [3.63, 3.8) is 0 Å². The summed E-state index contributed by atoms with van der Waals surface area (Å²) in [5.74, 6) is -0.0180. The fraction of sp³-hybridized carbons (Fsp3) is 0.444. The van der Waals surface area contributed by atoms with Gasteiger partial charge in [0.25, 0.3) is 5.91 Å². The van der Waals surface area contributed by atoms with Crippen LogP contribution in [-0.2, 0) is 17.6 Å². The number of aromatic amines is 1. The first kappa shape index (κ1) is 15.4. The number of carbonyl (C=O) groups is 1. The monoisotopic (exact) mass is 326 g/mol. The largest absolute Gasteiger partial charge is 0.371 e. The Morgan fingerprint density at radius 3 is 2.88 bits per heavy atom. The minimum atomic E-state index is -0.0180. The molecule has 1 amide bonds. The topological polar surface area (TPSA) is 70.2 Å². The number of anilines is 1. The molecule has 1 unspecified atom stereocenters. The van der Waals surface area contributed by atoms with Crippen molar-refractivity contribution in [1.82, 2.24) is 15.5 Å². The Bertz CT molecular complexity index is 732. The van der Waals surface area contributed by atoms with Crippen molar-refractivity contribution in [3.05, 3.63) is 46.8 Å². The van der Waals surface area contributed by atoms with Crippen LogP contribution in [0, 0.1) is 0 Å². The number of hydrogen-bond donors (Lipinski definition) is 2. The van der Waals surface area contributed by atoms with Crippen LogP contribution in [0.25, 0.3) is 0 Å². The van der Waals surface area contributed by atoms with Gasteiger partial charge in [-0.15, -0.1) is 0 Å². The van der Waals surface area contributed by atoms with Crippen molar-refractivity contribution in [3.8, 4) is 0 Å². The number of nitrogens with one attached hydrogen (secondary N) is 2. The molecular weight excluding hydrogens is 304 g/mol. The van der Waals surface area contributed by atoms with Gasteiger partial charge in [0.2, 0.25) is 0 Å². The average Bonchev–Trinajstić information content (AvgIpc) is 3.07. The van der Waals surface area contributed by atoms with E-state index >= 15 is 0 Å². The Hall–Kier alpha value is -2.18. The molecule has 1 aromatic carbocycles. The summed E-state index contributed by atoms with van der Waals surface area (Å²) in [5.41, 5.74) is 4.79. The Morgan fingerprint density at radius 1 is 1.33 bits per heavy atom. The number of aryl methyl sites for hydroxylation is 1. The number of aromatic nitrogens is 2. The summed E-state index contributed by atoms with van der Waals surface area (Å²) >= 11 is 0. The SMILES string of the molecule is CCc1[nH]nc2c1CCN(c1ccc(C3CNCCO3)cc1)C2=O. The Labute approximate surface area is 141 Å². The van der Waals surface area contributed by atoms with E-state index in [1.165, 1.54) is 0 Å². The summed E-state index contributed by atoms with van der Waals surface area (Å²) in [6, 6.07) is 8.11. The highest BCUT2D eigenvalue weighted by Crippen LogP contribution is 2.27. The van der Waals surface area contributed by atoms with Gasteiger partial charge in [-0.1, -0.05) is 19.1 Å². The molecule has 126 valence electrons. The maximum atomic E-state index is 12.7. The minimum Gasteiger partial charge on any atom is -0.371 e. The van der Waals surface area contributed by atoms with Crippen LogP contribution >= 0.6 is 0 Å². The van der Waals surface area contributed by atoms with E-state index < -0.39 is 0 Å². The lowest BCUT2D eigenvalue weighted by Gasteiger charge is -2.28. The number of amides is 1. The number of carbonyl (C=O) groups excluding carboxylic acids is 1. The number of H-pyrrole nitrogens is 1. The second-order valence-corrected chi connectivity index (χ2v) is 6.24. The molecule has 6 nitrogen and oxygen atoms in total. The smallest absolute Gasteiger partial charge is 0.279 e. The molecule has 0 spiro atoms. The van der Waals surface area contributed by atoms with Gasteiger partial charge in [-0.3, -0.25) is 9.89 Å². The van der Waals surface area contributed by atoms with Gasteiger partial charge in [0.05, 0.1) is 12.7 Å². The third-order valence-electron chi connectivity index (χ3n) is 4.84. The molecule has 3 heterocycles. The lowest BCUT2D eigenvalue weighted by Crippen LogP contribution is -2.37. The van der Waals surface area contributed by atoms with E-state index in [-0.39, 0.29) is 12.0 Å². The summed E-state index contributed by atoms with van der Waals surface area (Å²) in [7, 11) is 0. The van der Waals surface area contributed by atoms with E-state index in [4.69, 9.17) is 4.74 Å². The van der Waals surface area contributed by atoms with Crippen LogP contribution in [0.3, 0.4) is 0 Å². The second-order valence-electron chi connectivity index (χ2n) is 6.24. The molecule has 0 bridgehead atoms. The highest BCUT2D eigenvalue weighted by atomic mass is 16.5. The maximum Gasteiger partial charge on any atom is 0.279 e. The number of benzene rings is 1. The molecule has 0 saturated carbocycles. The number of ether oxygens (including phenoxy) is 1. The summed E-state index contributed by atoms with van der Waals surface area (Å²) in [6.45, 7) is 5.24. The molecule has 1 saturated heterocycles. The number of morpholine rings is 1. The van der Waals surface area contributed by atoms with E-state index in [0.29, 0.717) is 12.2 Å². The molecule has 1 aromatic heterocycles. The molecule has 2 aliphatic heterocycles. The van der Waals surface area contributed by atoms with Crippen LogP contribution in [0.2, 0.25) is 0 Å². The fourth-order valence-corrected chi connectivity index (χ4v) is 3.49. The number of hydrogen-bond acceptors (Lipinski definition) is 4. The third-order valence-corrected chi connectivity index (χ3v) is 4.84. The Balaban J connectivity index is 1.55.